The van der Waals surface area contributed by atoms with E-state index < -0.39 is 0 Å². The zero-order valence-corrected chi connectivity index (χ0v) is 10.5. The molecule has 0 saturated carbocycles. The number of anilines is 1. The van der Waals surface area contributed by atoms with Gasteiger partial charge in [-0.3, -0.25) is 4.79 Å². The number of rotatable bonds is 2. The summed E-state index contributed by atoms with van der Waals surface area (Å²) in [6.45, 7) is 0.816. The van der Waals surface area contributed by atoms with Crippen molar-refractivity contribution >= 4 is 35.0 Å². The highest BCUT2D eigenvalue weighted by Gasteiger charge is 2.30. The van der Waals surface area contributed by atoms with Crippen LogP contribution in [0.25, 0.3) is 0 Å². The first kappa shape index (κ1) is 11.6. The highest BCUT2D eigenvalue weighted by atomic mass is 35.5. The summed E-state index contributed by atoms with van der Waals surface area (Å²) in [7, 11) is 1.82. The van der Waals surface area contributed by atoms with E-state index in [-0.39, 0.29) is 11.2 Å². The molecule has 5 heteroatoms. The van der Waals surface area contributed by atoms with E-state index in [0.717, 1.165) is 17.9 Å². The number of nitrogens with two attached hydrogens (primary N) is 1. The van der Waals surface area contributed by atoms with Crippen molar-refractivity contribution in [1.82, 2.24) is 4.90 Å². The van der Waals surface area contributed by atoms with Crippen LogP contribution in [0.1, 0.15) is 6.42 Å². The van der Waals surface area contributed by atoms with E-state index in [4.69, 9.17) is 17.3 Å². The second-order valence-corrected chi connectivity index (χ2v) is 5.52. The number of carbonyl (C=O) groups is 1. The summed E-state index contributed by atoms with van der Waals surface area (Å²) >= 11 is 7.41. The molecule has 1 aliphatic heterocycles. The molecule has 2 N–H and O–H groups in total. The fourth-order valence-corrected chi connectivity index (χ4v) is 3.11. The Morgan fingerprint density at radius 3 is 2.94 bits per heavy atom. The van der Waals surface area contributed by atoms with Gasteiger partial charge in [-0.05, 0) is 24.6 Å². The van der Waals surface area contributed by atoms with Crippen LogP contribution in [0.2, 0.25) is 5.02 Å². The number of hydrogen-bond acceptors (Lipinski definition) is 3. The van der Waals surface area contributed by atoms with Crippen LogP contribution in [0, 0.1) is 0 Å². The molecule has 86 valence electrons. The number of benzene rings is 1. The lowest BCUT2D eigenvalue weighted by atomic mass is 10.3. The van der Waals surface area contributed by atoms with E-state index in [0.29, 0.717) is 10.7 Å². The van der Waals surface area contributed by atoms with Gasteiger partial charge in [0.1, 0.15) is 0 Å². The van der Waals surface area contributed by atoms with Gasteiger partial charge in [0.05, 0.1) is 5.25 Å². The van der Waals surface area contributed by atoms with Crippen molar-refractivity contribution in [2.45, 2.75) is 16.6 Å². The van der Waals surface area contributed by atoms with Gasteiger partial charge >= 0.3 is 0 Å². The van der Waals surface area contributed by atoms with Gasteiger partial charge in [-0.25, -0.2) is 0 Å². The number of halogens is 1. The quantitative estimate of drug-likeness (QED) is 0.826. The van der Waals surface area contributed by atoms with Crippen LogP contribution in [-0.4, -0.2) is 29.6 Å². The van der Waals surface area contributed by atoms with Crippen molar-refractivity contribution in [3.63, 3.8) is 0 Å². The molecule has 1 aromatic carbocycles. The maximum atomic E-state index is 11.7. The van der Waals surface area contributed by atoms with E-state index in [2.05, 4.69) is 0 Å². The fraction of sp³-hybridized carbons (Fsp3) is 0.364. The minimum Gasteiger partial charge on any atom is -0.398 e. The monoisotopic (exact) mass is 256 g/mol. The molecule has 0 spiro atoms. The molecule has 1 fully saturated rings. The summed E-state index contributed by atoms with van der Waals surface area (Å²) in [6, 6.07) is 5.34. The van der Waals surface area contributed by atoms with Gasteiger partial charge in [-0.2, -0.15) is 0 Å². The van der Waals surface area contributed by atoms with E-state index in [1.165, 1.54) is 11.8 Å². The average Bonchev–Trinajstić information content (AvgIpc) is 2.55. The van der Waals surface area contributed by atoms with E-state index in [1.54, 1.807) is 17.0 Å². The molecule has 0 bridgehead atoms. The first-order chi connectivity index (χ1) is 7.58. The van der Waals surface area contributed by atoms with Gasteiger partial charge in [-0.1, -0.05) is 11.6 Å². The molecule has 0 aliphatic carbocycles. The molecule has 1 amide bonds. The standard InChI is InChI=1S/C11H13ClN2OS/c1-14-5-4-9(11(14)15)16-10-6-7(12)2-3-8(10)13/h2-3,6,9H,4-5,13H2,1H3. The largest absolute Gasteiger partial charge is 0.398 e. The molecule has 16 heavy (non-hydrogen) atoms. The topological polar surface area (TPSA) is 46.3 Å². The van der Waals surface area contributed by atoms with Crippen LogP contribution < -0.4 is 5.73 Å². The van der Waals surface area contributed by atoms with Crippen molar-refractivity contribution in [3.05, 3.63) is 23.2 Å². The molecular formula is C11H13ClN2OS. The van der Waals surface area contributed by atoms with Crippen molar-refractivity contribution < 1.29 is 4.79 Å². The van der Waals surface area contributed by atoms with Crippen molar-refractivity contribution in [3.8, 4) is 0 Å². The number of nitrogen functional groups attached to an aromatic ring is 1. The Morgan fingerprint density at radius 2 is 2.31 bits per heavy atom. The summed E-state index contributed by atoms with van der Waals surface area (Å²) in [4.78, 5) is 14.4. The molecular weight excluding hydrogens is 244 g/mol. The lowest BCUT2D eigenvalue weighted by Crippen LogP contribution is -2.23. The Morgan fingerprint density at radius 1 is 1.56 bits per heavy atom. The second-order valence-electron chi connectivity index (χ2n) is 3.84. The van der Waals surface area contributed by atoms with Crippen molar-refractivity contribution in [2.75, 3.05) is 19.3 Å². The third-order valence-corrected chi connectivity index (χ3v) is 4.19. The van der Waals surface area contributed by atoms with Gasteiger partial charge in [0.15, 0.2) is 0 Å². The molecule has 1 atom stereocenters. The Bertz CT molecular complexity index is 424. The smallest absolute Gasteiger partial charge is 0.235 e. The maximum Gasteiger partial charge on any atom is 0.235 e. The number of thioether (sulfide) groups is 1. The van der Waals surface area contributed by atoms with E-state index in [9.17, 15) is 4.79 Å². The number of likely N-dealkylation sites (tertiary alicyclic amines) is 1. The Kier molecular flexibility index (Phi) is 3.30. The molecule has 1 aromatic rings. The normalized spacial score (nSPS) is 20.5. The Labute approximate surface area is 104 Å². The van der Waals surface area contributed by atoms with Gasteiger partial charge in [0.2, 0.25) is 5.91 Å². The molecule has 1 saturated heterocycles. The first-order valence-corrected chi connectivity index (χ1v) is 6.30. The fourth-order valence-electron chi connectivity index (χ4n) is 1.66. The van der Waals surface area contributed by atoms with Crippen LogP contribution in [-0.2, 0) is 4.79 Å². The number of nitrogens with zero attached hydrogens (tertiary/aromatic N) is 1. The lowest BCUT2D eigenvalue weighted by Gasteiger charge is -2.11. The predicted molar refractivity (Wildman–Crippen MR) is 67.8 cm³/mol. The SMILES string of the molecule is CN1CCC(Sc2cc(Cl)ccc2N)C1=O. The van der Waals surface area contributed by atoms with E-state index in [1.807, 2.05) is 13.1 Å². The highest BCUT2D eigenvalue weighted by Crippen LogP contribution is 2.35. The molecule has 1 heterocycles. The van der Waals surface area contributed by atoms with Crippen LogP contribution in [0.3, 0.4) is 0 Å². The van der Waals surface area contributed by atoms with Crippen LogP contribution in [0.5, 0.6) is 0 Å². The van der Waals surface area contributed by atoms with Gasteiger partial charge < -0.3 is 10.6 Å². The lowest BCUT2D eigenvalue weighted by molar-refractivity contribution is -0.126. The summed E-state index contributed by atoms with van der Waals surface area (Å²) in [6.07, 6.45) is 0.867. The molecule has 0 radical (unpaired) electrons. The molecule has 2 rings (SSSR count). The maximum absolute atomic E-state index is 11.7. The predicted octanol–water partition coefficient (Wildman–Crippen LogP) is 2.24. The Balaban J connectivity index is 2.15. The average molecular weight is 257 g/mol. The number of hydrogen-bond donors (Lipinski definition) is 1. The zero-order valence-electron chi connectivity index (χ0n) is 8.94. The van der Waals surface area contributed by atoms with Crippen LogP contribution in [0.4, 0.5) is 5.69 Å². The molecule has 1 unspecified atom stereocenters. The minimum atomic E-state index is -0.0224. The summed E-state index contributed by atoms with van der Waals surface area (Å²) in [5, 5.41) is 0.626. The molecule has 3 nitrogen and oxygen atoms in total. The molecule has 0 aromatic heterocycles. The third-order valence-electron chi connectivity index (χ3n) is 2.62. The Hall–Kier alpha value is -0.870. The van der Waals surface area contributed by atoms with Crippen LogP contribution >= 0.6 is 23.4 Å². The van der Waals surface area contributed by atoms with Crippen molar-refractivity contribution in [2.24, 2.45) is 0 Å². The summed E-state index contributed by atoms with van der Waals surface area (Å²) in [5.74, 6) is 0.171. The second kappa shape index (κ2) is 4.55. The third kappa shape index (κ3) is 2.28. The highest BCUT2D eigenvalue weighted by molar-refractivity contribution is 8.00. The zero-order chi connectivity index (χ0) is 11.7. The summed E-state index contributed by atoms with van der Waals surface area (Å²) < 4.78 is 0. The van der Waals surface area contributed by atoms with Gasteiger partial charge in [-0.15, -0.1) is 11.8 Å². The molecule has 1 aliphatic rings. The minimum absolute atomic E-state index is 0.0224. The van der Waals surface area contributed by atoms with Gasteiger partial charge in [0, 0.05) is 29.2 Å². The van der Waals surface area contributed by atoms with E-state index >= 15 is 0 Å². The van der Waals surface area contributed by atoms with Crippen LogP contribution in [0.15, 0.2) is 23.1 Å². The number of amides is 1. The summed E-state index contributed by atoms with van der Waals surface area (Å²) in [5.41, 5.74) is 6.52. The first-order valence-electron chi connectivity index (χ1n) is 5.04. The van der Waals surface area contributed by atoms with Gasteiger partial charge in [0.25, 0.3) is 0 Å². The van der Waals surface area contributed by atoms with Crippen molar-refractivity contribution in [1.29, 1.82) is 0 Å². The number of carbonyl (C=O) groups excluding carboxylic acids is 1.